The molecule has 0 atom stereocenters. The van der Waals surface area contributed by atoms with Crippen LogP contribution in [0.25, 0.3) is 33.2 Å². The topological polar surface area (TPSA) is 100 Å². The Morgan fingerprint density at radius 2 is 1.93 bits per heavy atom. The third-order valence-corrected chi connectivity index (χ3v) is 4.75. The number of hydrogen-bond acceptors (Lipinski definition) is 7. The van der Waals surface area contributed by atoms with Gasteiger partial charge in [-0.05, 0) is 18.2 Å². The van der Waals surface area contributed by atoms with Gasteiger partial charge in [-0.25, -0.2) is 15.0 Å². The molecule has 1 aromatic carbocycles. The van der Waals surface area contributed by atoms with Gasteiger partial charge in [0.2, 0.25) is 0 Å². The van der Waals surface area contributed by atoms with Gasteiger partial charge in [0.15, 0.2) is 11.3 Å². The first kappa shape index (κ1) is 18.1. The summed E-state index contributed by atoms with van der Waals surface area (Å²) in [6.07, 6.45) is 6.54. The summed E-state index contributed by atoms with van der Waals surface area (Å²) in [5.74, 6) is 0. The molecular weight excluding hydrogens is 382 g/mol. The molecule has 30 heavy (non-hydrogen) atoms. The Balaban J connectivity index is 1.82. The van der Waals surface area contributed by atoms with Crippen LogP contribution in [0, 0.1) is 0 Å². The number of benzene rings is 1. The van der Waals surface area contributed by atoms with Gasteiger partial charge >= 0.3 is 0 Å². The molecule has 0 aliphatic rings. The average Bonchev–Trinajstić information content (AvgIpc) is 3.09. The number of nitrogens with zero attached hydrogens (tertiary/aromatic N) is 7. The van der Waals surface area contributed by atoms with Gasteiger partial charge in [0, 0.05) is 25.1 Å². The molecule has 9 heteroatoms. The van der Waals surface area contributed by atoms with E-state index >= 15 is 0 Å². The molecule has 0 radical (unpaired) electrons. The Morgan fingerprint density at radius 1 is 1.10 bits per heavy atom. The molecule has 0 saturated heterocycles. The van der Waals surface area contributed by atoms with Crippen molar-refractivity contribution in [2.24, 2.45) is 5.10 Å². The quantitative estimate of drug-likeness (QED) is 0.420. The third kappa shape index (κ3) is 3.01. The summed E-state index contributed by atoms with van der Waals surface area (Å²) >= 11 is 0. The van der Waals surface area contributed by atoms with E-state index < -0.39 is 0 Å². The van der Waals surface area contributed by atoms with Gasteiger partial charge in [-0.15, -0.1) is 0 Å². The molecule has 0 aliphatic carbocycles. The van der Waals surface area contributed by atoms with Crippen LogP contribution in [-0.2, 0) is 11.3 Å². The Hall–Kier alpha value is -3.98. The zero-order valence-electron chi connectivity index (χ0n) is 16.1. The SMILES string of the molecule is COCCn1cnc2c(c1=O)c1nc3ccccc3nc1n2/N=C/c1cccnc1. The lowest BCUT2D eigenvalue weighted by Gasteiger charge is -2.04. The van der Waals surface area contributed by atoms with Gasteiger partial charge in [-0.3, -0.25) is 14.3 Å². The van der Waals surface area contributed by atoms with Crippen molar-refractivity contribution in [3.63, 3.8) is 0 Å². The highest BCUT2D eigenvalue weighted by molar-refractivity contribution is 6.04. The summed E-state index contributed by atoms with van der Waals surface area (Å²) in [6.45, 7) is 0.796. The van der Waals surface area contributed by atoms with Crippen LogP contribution in [0.15, 0.2) is 65.0 Å². The lowest BCUT2D eigenvalue weighted by Crippen LogP contribution is -2.22. The second kappa shape index (κ2) is 7.45. The van der Waals surface area contributed by atoms with Gasteiger partial charge in [-0.2, -0.15) is 9.78 Å². The zero-order valence-corrected chi connectivity index (χ0v) is 16.1. The highest BCUT2D eigenvalue weighted by Crippen LogP contribution is 2.24. The third-order valence-electron chi connectivity index (χ3n) is 4.75. The van der Waals surface area contributed by atoms with E-state index in [9.17, 15) is 4.79 Å². The van der Waals surface area contributed by atoms with Crippen LogP contribution in [0.4, 0.5) is 0 Å². The number of hydrogen-bond donors (Lipinski definition) is 0. The lowest BCUT2D eigenvalue weighted by atomic mass is 10.3. The minimum atomic E-state index is -0.207. The maximum atomic E-state index is 13.2. The number of para-hydroxylation sites is 2. The number of pyridine rings is 1. The van der Waals surface area contributed by atoms with Crippen molar-refractivity contribution < 1.29 is 4.74 Å². The molecule has 148 valence electrons. The predicted molar refractivity (Wildman–Crippen MR) is 114 cm³/mol. The molecule has 5 aromatic rings. The van der Waals surface area contributed by atoms with Gasteiger partial charge in [0.25, 0.3) is 5.56 Å². The van der Waals surface area contributed by atoms with Crippen LogP contribution in [0.1, 0.15) is 5.56 Å². The second-order valence-corrected chi connectivity index (χ2v) is 6.66. The smallest absolute Gasteiger partial charge is 0.265 e. The average molecular weight is 399 g/mol. The monoisotopic (exact) mass is 399 g/mol. The van der Waals surface area contributed by atoms with Crippen molar-refractivity contribution in [2.75, 3.05) is 13.7 Å². The van der Waals surface area contributed by atoms with Crippen LogP contribution < -0.4 is 5.56 Å². The normalized spacial score (nSPS) is 11.9. The Bertz CT molecular complexity index is 1460. The molecule has 0 saturated carbocycles. The van der Waals surface area contributed by atoms with Crippen LogP contribution in [0.5, 0.6) is 0 Å². The van der Waals surface area contributed by atoms with E-state index in [0.717, 1.165) is 5.56 Å². The summed E-state index contributed by atoms with van der Waals surface area (Å²) in [7, 11) is 1.59. The maximum Gasteiger partial charge on any atom is 0.265 e. The standard InChI is InChI=1S/C21H17N7O2/c1-30-10-9-27-13-23-19-17(21(27)29)18-20(26-16-7-3-2-6-15(16)25-18)28(19)24-12-14-5-4-8-22-11-14/h2-8,11-13H,9-10H2,1H3/b24-12+. The van der Waals surface area contributed by atoms with Crippen LogP contribution in [0.3, 0.4) is 0 Å². The van der Waals surface area contributed by atoms with E-state index in [-0.39, 0.29) is 5.56 Å². The first-order valence-corrected chi connectivity index (χ1v) is 9.36. The first-order valence-electron chi connectivity index (χ1n) is 9.36. The molecule has 5 rings (SSSR count). The van der Waals surface area contributed by atoms with E-state index in [4.69, 9.17) is 14.7 Å². The van der Waals surface area contributed by atoms with Crippen molar-refractivity contribution in [2.45, 2.75) is 6.54 Å². The highest BCUT2D eigenvalue weighted by Gasteiger charge is 2.19. The molecule has 0 bridgehead atoms. The van der Waals surface area contributed by atoms with Gasteiger partial charge in [0.1, 0.15) is 17.2 Å². The summed E-state index contributed by atoms with van der Waals surface area (Å²) in [6, 6.07) is 11.2. The summed E-state index contributed by atoms with van der Waals surface area (Å²) in [5, 5.41) is 4.93. The summed E-state index contributed by atoms with van der Waals surface area (Å²) < 4.78 is 8.17. The number of rotatable bonds is 5. The van der Waals surface area contributed by atoms with E-state index in [1.165, 1.54) is 10.9 Å². The minimum Gasteiger partial charge on any atom is -0.383 e. The second-order valence-electron chi connectivity index (χ2n) is 6.66. The number of methoxy groups -OCH3 is 1. The fourth-order valence-electron chi connectivity index (χ4n) is 3.29. The Morgan fingerprint density at radius 3 is 2.70 bits per heavy atom. The molecule has 0 aliphatic heterocycles. The van der Waals surface area contributed by atoms with E-state index in [0.29, 0.717) is 46.4 Å². The van der Waals surface area contributed by atoms with Crippen molar-refractivity contribution in [3.8, 4) is 0 Å². The van der Waals surface area contributed by atoms with E-state index in [1.54, 1.807) is 30.4 Å². The van der Waals surface area contributed by atoms with Crippen molar-refractivity contribution in [1.29, 1.82) is 0 Å². The minimum absolute atomic E-state index is 0.207. The molecule has 0 spiro atoms. The zero-order chi connectivity index (χ0) is 20.5. The van der Waals surface area contributed by atoms with E-state index in [2.05, 4.69) is 15.1 Å². The largest absolute Gasteiger partial charge is 0.383 e. The molecule has 4 aromatic heterocycles. The number of aromatic nitrogens is 6. The maximum absolute atomic E-state index is 13.2. The molecule has 0 unspecified atom stereocenters. The summed E-state index contributed by atoms with van der Waals surface area (Å²) in [4.78, 5) is 31.2. The fraction of sp³-hybridized carbons (Fsp3) is 0.143. The number of fused-ring (bicyclic) bond motifs is 4. The predicted octanol–water partition coefficient (Wildman–Crippen LogP) is 2.22. The Kier molecular flexibility index (Phi) is 4.49. The van der Waals surface area contributed by atoms with Crippen molar-refractivity contribution >= 4 is 39.4 Å². The van der Waals surface area contributed by atoms with Gasteiger partial charge < -0.3 is 4.74 Å². The van der Waals surface area contributed by atoms with Crippen LogP contribution in [0.2, 0.25) is 0 Å². The summed E-state index contributed by atoms with van der Waals surface area (Å²) in [5.41, 5.74) is 3.36. The van der Waals surface area contributed by atoms with Crippen molar-refractivity contribution in [3.05, 3.63) is 71.0 Å². The number of ether oxygens (including phenoxy) is 1. The molecule has 9 nitrogen and oxygen atoms in total. The molecule has 0 N–H and O–H groups in total. The molecule has 0 fully saturated rings. The van der Waals surface area contributed by atoms with Crippen molar-refractivity contribution in [1.82, 2.24) is 29.2 Å². The first-order chi connectivity index (χ1) is 14.8. The van der Waals surface area contributed by atoms with Gasteiger partial charge in [0.05, 0.1) is 30.4 Å². The lowest BCUT2D eigenvalue weighted by molar-refractivity contribution is 0.186. The van der Waals surface area contributed by atoms with E-state index in [1.807, 2.05) is 36.4 Å². The van der Waals surface area contributed by atoms with Crippen LogP contribution >= 0.6 is 0 Å². The molecule has 0 amide bonds. The Labute approximate surface area is 170 Å². The van der Waals surface area contributed by atoms with Gasteiger partial charge in [-0.1, -0.05) is 18.2 Å². The van der Waals surface area contributed by atoms with Crippen LogP contribution in [-0.4, -0.2) is 49.1 Å². The molecule has 4 heterocycles. The molecular formula is C21H17N7O2. The fourth-order valence-corrected chi connectivity index (χ4v) is 3.29. The highest BCUT2D eigenvalue weighted by atomic mass is 16.5.